The van der Waals surface area contributed by atoms with Gasteiger partial charge in [0.25, 0.3) is 0 Å². The van der Waals surface area contributed by atoms with Crippen molar-refractivity contribution in [1.29, 1.82) is 0 Å². The molecule has 0 unspecified atom stereocenters. The van der Waals surface area contributed by atoms with Crippen molar-refractivity contribution in [1.82, 2.24) is 4.31 Å². The van der Waals surface area contributed by atoms with Crippen LogP contribution in [0.5, 0.6) is 0 Å². The summed E-state index contributed by atoms with van der Waals surface area (Å²) in [5.41, 5.74) is 0.303. The van der Waals surface area contributed by atoms with Crippen LogP contribution in [0.2, 0.25) is 0 Å². The zero-order chi connectivity index (χ0) is 15.9. The fraction of sp³-hybridized carbons (Fsp3) is 0.429. The second-order valence-corrected chi connectivity index (χ2v) is 6.14. The maximum atomic E-state index is 14.0. The number of benzene rings is 1. The molecule has 0 aliphatic rings. The van der Waals surface area contributed by atoms with Crippen molar-refractivity contribution in [2.45, 2.75) is 11.8 Å². The average Bonchev–Trinajstić information content (AvgIpc) is 2.45. The van der Waals surface area contributed by atoms with E-state index in [0.29, 0.717) is 12.2 Å². The fourth-order valence-electron chi connectivity index (χ4n) is 1.55. The van der Waals surface area contributed by atoms with Gasteiger partial charge >= 0.3 is 0 Å². The van der Waals surface area contributed by atoms with Gasteiger partial charge in [-0.1, -0.05) is 11.8 Å². The van der Waals surface area contributed by atoms with Crippen LogP contribution in [0.15, 0.2) is 23.1 Å². The Labute approximate surface area is 124 Å². The van der Waals surface area contributed by atoms with Crippen molar-refractivity contribution in [3.05, 3.63) is 29.6 Å². The van der Waals surface area contributed by atoms with E-state index in [0.717, 1.165) is 10.4 Å². The Balaban J connectivity index is 2.98. The number of nitrogens with zero attached hydrogens (tertiary/aromatic N) is 1. The van der Waals surface area contributed by atoms with Gasteiger partial charge in [0, 0.05) is 25.8 Å². The number of halogens is 1. The predicted molar refractivity (Wildman–Crippen MR) is 76.7 cm³/mol. The molecule has 0 fully saturated rings. The summed E-state index contributed by atoms with van der Waals surface area (Å²) >= 11 is 0. The van der Waals surface area contributed by atoms with E-state index in [1.54, 1.807) is 6.92 Å². The Hall–Kier alpha value is -1.46. The minimum Gasteiger partial charge on any atom is -0.384 e. The van der Waals surface area contributed by atoms with Crippen LogP contribution in [0, 0.1) is 17.7 Å². The minimum atomic E-state index is -3.91. The quantitative estimate of drug-likeness (QED) is 0.624. The van der Waals surface area contributed by atoms with E-state index in [4.69, 9.17) is 9.84 Å². The van der Waals surface area contributed by atoms with Crippen LogP contribution < -0.4 is 0 Å². The van der Waals surface area contributed by atoms with E-state index in [9.17, 15) is 12.8 Å². The van der Waals surface area contributed by atoms with Crippen LogP contribution in [0.3, 0.4) is 0 Å². The number of hydrogen-bond acceptors (Lipinski definition) is 4. The molecule has 0 radical (unpaired) electrons. The van der Waals surface area contributed by atoms with Gasteiger partial charge < -0.3 is 9.84 Å². The Morgan fingerprint density at radius 1 is 1.43 bits per heavy atom. The zero-order valence-electron chi connectivity index (χ0n) is 12.0. The van der Waals surface area contributed by atoms with Crippen LogP contribution in [0.4, 0.5) is 4.39 Å². The van der Waals surface area contributed by atoms with Crippen molar-refractivity contribution in [3.8, 4) is 11.8 Å². The van der Waals surface area contributed by atoms with Crippen molar-refractivity contribution in [2.75, 3.05) is 33.4 Å². The third-order valence-electron chi connectivity index (χ3n) is 2.69. The number of sulfonamides is 1. The fourth-order valence-corrected chi connectivity index (χ4v) is 2.75. The molecule has 1 N–H and O–H groups in total. The predicted octanol–water partition coefficient (Wildman–Crippen LogP) is 0.827. The van der Waals surface area contributed by atoms with Crippen LogP contribution in [0.25, 0.3) is 0 Å². The first kappa shape index (κ1) is 17.6. The molecule has 1 aromatic carbocycles. The van der Waals surface area contributed by atoms with Crippen LogP contribution in [-0.4, -0.2) is 51.2 Å². The van der Waals surface area contributed by atoms with E-state index in [-0.39, 0.29) is 19.8 Å². The Morgan fingerprint density at radius 3 is 2.71 bits per heavy atom. The van der Waals surface area contributed by atoms with Gasteiger partial charge in [-0.3, -0.25) is 0 Å². The van der Waals surface area contributed by atoms with Gasteiger partial charge in [-0.05, 0) is 25.1 Å². The van der Waals surface area contributed by atoms with Gasteiger partial charge in [-0.2, -0.15) is 4.31 Å². The molecule has 0 aliphatic heterocycles. The standard InChI is InChI=1S/C14H18FNO4S/c1-3-20-10-8-16(2)21(18,19)14-7-6-12(5-4-9-17)11-13(14)15/h6-7,11,17H,3,8-10H2,1-2H3. The van der Waals surface area contributed by atoms with Crippen LogP contribution in [-0.2, 0) is 14.8 Å². The van der Waals surface area contributed by atoms with E-state index < -0.39 is 20.7 Å². The van der Waals surface area contributed by atoms with Gasteiger partial charge in [-0.25, -0.2) is 12.8 Å². The molecular formula is C14H18FNO4S. The lowest BCUT2D eigenvalue weighted by Gasteiger charge is -2.17. The van der Waals surface area contributed by atoms with Gasteiger partial charge in [0.1, 0.15) is 17.3 Å². The SMILES string of the molecule is CCOCCN(C)S(=O)(=O)c1ccc(C#CCO)cc1F. The number of aliphatic hydroxyl groups is 1. The number of aliphatic hydroxyl groups excluding tert-OH is 1. The highest BCUT2D eigenvalue weighted by molar-refractivity contribution is 7.89. The maximum Gasteiger partial charge on any atom is 0.245 e. The summed E-state index contributed by atoms with van der Waals surface area (Å²) in [6.45, 7) is 2.33. The summed E-state index contributed by atoms with van der Waals surface area (Å²) in [6.07, 6.45) is 0. The third kappa shape index (κ3) is 4.79. The lowest BCUT2D eigenvalue weighted by molar-refractivity contribution is 0.138. The molecular weight excluding hydrogens is 297 g/mol. The van der Waals surface area contributed by atoms with E-state index in [1.165, 1.54) is 19.2 Å². The molecule has 0 saturated heterocycles. The molecule has 0 aromatic heterocycles. The molecule has 21 heavy (non-hydrogen) atoms. The number of ether oxygens (including phenoxy) is 1. The summed E-state index contributed by atoms with van der Waals surface area (Å²) in [5.74, 6) is 4.01. The first-order valence-corrected chi connectivity index (χ1v) is 7.80. The molecule has 1 rings (SSSR count). The maximum absolute atomic E-state index is 14.0. The summed E-state index contributed by atoms with van der Waals surface area (Å²) in [5, 5.41) is 8.57. The van der Waals surface area contributed by atoms with Crippen molar-refractivity contribution < 1.29 is 22.7 Å². The first-order chi connectivity index (χ1) is 9.93. The van der Waals surface area contributed by atoms with E-state index in [2.05, 4.69) is 11.8 Å². The highest BCUT2D eigenvalue weighted by atomic mass is 32.2. The van der Waals surface area contributed by atoms with Gasteiger partial charge in [0.2, 0.25) is 10.0 Å². The third-order valence-corrected chi connectivity index (χ3v) is 4.58. The molecule has 0 saturated carbocycles. The topological polar surface area (TPSA) is 66.8 Å². The zero-order valence-corrected chi connectivity index (χ0v) is 12.8. The van der Waals surface area contributed by atoms with Gasteiger partial charge in [-0.15, -0.1) is 0 Å². The highest BCUT2D eigenvalue weighted by Gasteiger charge is 2.24. The minimum absolute atomic E-state index is 0.141. The molecule has 0 heterocycles. The molecule has 0 bridgehead atoms. The average molecular weight is 315 g/mol. The van der Waals surface area contributed by atoms with E-state index >= 15 is 0 Å². The second kappa shape index (κ2) is 8.10. The van der Waals surface area contributed by atoms with Crippen molar-refractivity contribution in [2.24, 2.45) is 0 Å². The molecule has 1 aromatic rings. The molecule has 7 heteroatoms. The van der Waals surface area contributed by atoms with Crippen LogP contribution in [0.1, 0.15) is 12.5 Å². The smallest absolute Gasteiger partial charge is 0.245 e. The van der Waals surface area contributed by atoms with Gasteiger partial charge in [0.05, 0.1) is 6.61 Å². The number of rotatable bonds is 6. The second-order valence-electron chi connectivity index (χ2n) is 4.13. The summed E-state index contributed by atoms with van der Waals surface area (Å²) in [4.78, 5) is -0.406. The molecule has 5 nitrogen and oxygen atoms in total. The summed E-state index contributed by atoms with van der Waals surface area (Å²) in [6, 6.07) is 3.60. The van der Waals surface area contributed by atoms with Crippen LogP contribution >= 0.6 is 0 Å². The monoisotopic (exact) mass is 315 g/mol. The molecule has 0 aliphatic carbocycles. The lowest BCUT2D eigenvalue weighted by Crippen LogP contribution is -2.31. The number of hydrogen-bond donors (Lipinski definition) is 1. The Kier molecular flexibility index (Phi) is 6.78. The molecule has 116 valence electrons. The Bertz CT molecular complexity index is 634. The van der Waals surface area contributed by atoms with Crippen molar-refractivity contribution in [3.63, 3.8) is 0 Å². The largest absolute Gasteiger partial charge is 0.384 e. The molecule has 0 atom stereocenters. The molecule has 0 amide bonds. The lowest BCUT2D eigenvalue weighted by atomic mass is 10.2. The van der Waals surface area contributed by atoms with Gasteiger partial charge in [0.15, 0.2) is 0 Å². The summed E-state index contributed by atoms with van der Waals surface area (Å²) < 4.78 is 44.5. The normalized spacial score (nSPS) is 11.3. The Morgan fingerprint density at radius 2 is 2.14 bits per heavy atom. The van der Waals surface area contributed by atoms with E-state index in [1.807, 2.05) is 0 Å². The van der Waals surface area contributed by atoms with Crippen molar-refractivity contribution >= 4 is 10.0 Å². The molecule has 0 spiro atoms. The number of likely N-dealkylation sites (N-methyl/N-ethyl adjacent to an activating group) is 1. The first-order valence-electron chi connectivity index (χ1n) is 6.36. The summed E-state index contributed by atoms with van der Waals surface area (Å²) in [7, 11) is -2.54. The highest BCUT2D eigenvalue weighted by Crippen LogP contribution is 2.19.